The van der Waals surface area contributed by atoms with Gasteiger partial charge in [-0.05, 0) is 58.0 Å². The molecule has 0 saturated carbocycles. The number of aryl methyl sites for hydroxylation is 1. The van der Waals surface area contributed by atoms with E-state index in [0.717, 1.165) is 6.54 Å². The molecule has 0 aromatic carbocycles. The van der Waals surface area contributed by atoms with E-state index in [0.29, 0.717) is 6.04 Å². The number of nitrogens with zero attached hydrogens (tertiary/aromatic N) is 2. The van der Waals surface area contributed by atoms with Gasteiger partial charge in [0.05, 0.1) is 0 Å². The Labute approximate surface area is 111 Å². The topological polar surface area (TPSA) is 20.2 Å². The summed E-state index contributed by atoms with van der Waals surface area (Å²) in [6.07, 6.45) is 2.58. The summed E-state index contributed by atoms with van der Waals surface area (Å²) in [5.41, 5.74) is 4.20. The molecule has 3 heteroatoms. The van der Waals surface area contributed by atoms with E-state index in [2.05, 4.69) is 48.7 Å². The molecule has 0 spiro atoms. The fourth-order valence-electron chi connectivity index (χ4n) is 2.82. The molecule has 0 unspecified atom stereocenters. The summed E-state index contributed by atoms with van der Waals surface area (Å²) in [6.45, 7) is 11.4. The average molecular weight is 249 g/mol. The predicted octanol–water partition coefficient (Wildman–Crippen LogP) is 2.22. The largest absolute Gasteiger partial charge is 0.352 e. The Kier molecular flexibility index (Phi) is 4.46. The third kappa shape index (κ3) is 2.96. The van der Waals surface area contributed by atoms with Crippen molar-refractivity contribution in [2.75, 3.05) is 19.6 Å². The molecule has 0 amide bonds. The van der Waals surface area contributed by atoms with Crippen LogP contribution in [0.3, 0.4) is 0 Å². The molecular formula is C15H27N3. The minimum atomic E-state index is 0.702. The van der Waals surface area contributed by atoms with Crippen molar-refractivity contribution in [1.82, 2.24) is 14.8 Å². The number of aromatic nitrogens is 1. The molecule has 1 aliphatic heterocycles. The van der Waals surface area contributed by atoms with E-state index >= 15 is 0 Å². The molecule has 18 heavy (non-hydrogen) atoms. The second-order valence-corrected chi connectivity index (χ2v) is 5.54. The van der Waals surface area contributed by atoms with Gasteiger partial charge in [0.25, 0.3) is 0 Å². The van der Waals surface area contributed by atoms with Crippen LogP contribution in [-0.4, -0.2) is 35.1 Å². The second kappa shape index (κ2) is 5.89. The Morgan fingerprint density at radius 1 is 1.28 bits per heavy atom. The van der Waals surface area contributed by atoms with Crippen molar-refractivity contribution in [3.8, 4) is 0 Å². The van der Waals surface area contributed by atoms with Crippen LogP contribution in [-0.2, 0) is 13.6 Å². The standard InChI is InChI=1S/C15H27N3/c1-5-18-8-6-15(7-9-18)16-11-14-10-12(2)17(4)13(14)3/h10,15-16H,5-9,11H2,1-4H3. The van der Waals surface area contributed by atoms with Gasteiger partial charge in [0.1, 0.15) is 0 Å². The van der Waals surface area contributed by atoms with E-state index < -0.39 is 0 Å². The second-order valence-electron chi connectivity index (χ2n) is 5.54. The maximum absolute atomic E-state index is 3.72. The molecule has 0 atom stereocenters. The van der Waals surface area contributed by atoms with Crippen LogP contribution >= 0.6 is 0 Å². The minimum absolute atomic E-state index is 0.702. The highest BCUT2D eigenvalue weighted by Crippen LogP contribution is 2.15. The Balaban J connectivity index is 1.83. The first kappa shape index (κ1) is 13.6. The van der Waals surface area contributed by atoms with Crippen molar-refractivity contribution in [1.29, 1.82) is 0 Å². The first-order valence-electron chi connectivity index (χ1n) is 7.19. The molecule has 1 aromatic heterocycles. The number of hydrogen-bond donors (Lipinski definition) is 1. The van der Waals surface area contributed by atoms with E-state index in [9.17, 15) is 0 Å². The molecule has 3 nitrogen and oxygen atoms in total. The van der Waals surface area contributed by atoms with Gasteiger partial charge in [-0.2, -0.15) is 0 Å². The fourth-order valence-corrected chi connectivity index (χ4v) is 2.82. The molecule has 0 bridgehead atoms. The summed E-state index contributed by atoms with van der Waals surface area (Å²) in [4.78, 5) is 2.54. The van der Waals surface area contributed by atoms with Crippen molar-refractivity contribution in [3.63, 3.8) is 0 Å². The fraction of sp³-hybridized carbons (Fsp3) is 0.733. The van der Waals surface area contributed by atoms with Gasteiger partial charge in [0, 0.05) is 31.0 Å². The van der Waals surface area contributed by atoms with Gasteiger partial charge in [0.2, 0.25) is 0 Å². The van der Waals surface area contributed by atoms with Crippen LogP contribution in [0.15, 0.2) is 6.07 Å². The molecule has 2 heterocycles. The Morgan fingerprint density at radius 3 is 2.44 bits per heavy atom. The number of rotatable bonds is 4. The van der Waals surface area contributed by atoms with Crippen LogP contribution in [0.2, 0.25) is 0 Å². The van der Waals surface area contributed by atoms with Crippen LogP contribution in [0, 0.1) is 13.8 Å². The molecule has 2 rings (SSSR count). The monoisotopic (exact) mass is 249 g/mol. The highest BCUT2D eigenvalue weighted by molar-refractivity contribution is 5.26. The van der Waals surface area contributed by atoms with E-state index in [1.807, 2.05) is 0 Å². The Hall–Kier alpha value is -0.800. The summed E-state index contributed by atoms with van der Waals surface area (Å²) >= 11 is 0. The maximum Gasteiger partial charge on any atom is 0.0225 e. The first-order chi connectivity index (χ1) is 8.61. The minimum Gasteiger partial charge on any atom is -0.352 e. The van der Waals surface area contributed by atoms with E-state index in [1.54, 1.807) is 0 Å². The van der Waals surface area contributed by atoms with Gasteiger partial charge in [-0.25, -0.2) is 0 Å². The molecule has 0 aliphatic carbocycles. The SMILES string of the molecule is CCN1CCC(NCc2cc(C)n(C)c2C)CC1. The van der Waals surface area contributed by atoms with E-state index in [1.165, 1.54) is 49.4 Å². The van der Waals surface area contributed by atoms with Crippen molar-refractivity contribution in [3.05, 3.63) is 23.0 Å². The Bertz CT molecular complexity index is 387. The third-order valence-corrected chi connectivity index (χ3v) is 4.50. The lowest BCUT2D eigenvalue weighted by Crippen LogP contribution is -2.42. The lowest BCUT2D eigenvalue weighted by molar-refractivity contribution is 0.206. The van der Waals surface area contributed by atoms with Gasteiger partial charge < -0.3 is 14.8 Å². The number of hydrogen-bond acceptors (Lipinski definition) is 2. The highest BCUT2D eigenvalue weighted by Gasteiger charge is 2.17. The summed E-state index contributed by atoms with van der Waals surface area (Å²) in [5.74, 6) is 0. The van der Waals surface area contributed by atoms with Crippen LogP contribution in [0.1, 0.15) is 36.7 Å². The zero-order chi connectivity index (χ0) is 13.1. The molecule has 1 N–H and O–H groups in total. The quantitative estimate of drug-likeness (QED) is 0.883. The van der Waals surface area contributed by atoms with Gasteiger partial charge >= 0.3 is 0 Å². The molecule has 0 radical (unpaired) electrons. The van der Waals surface area contributed by atoms with E-state index in [-0.39, 0.29) is 0 Å². The van der Waals surface area contributed by atoms with Gasteiger partial charge in [-0.1, -0.05) is 6.92 Å². The normalized spacial score (nSPS) is 18.4. The molecule has 102 valence electrons. The van der Waals surface area contributed by atoms with Crippen molar-refractivity contribution in [2.24, 2.45) is 7.05 Å². The lowest BCUT2D eigenvalue weighted by atomic mass is 10.0. The maximum atomic E-state index is 3.72. The average Bonchev–Trinajstić information content (AvgIpc) is 2.64. The summed E-state index contributed by atoms with van der Waals surface area (Å²) in [5, 5.41) is 3.72. The van der Waals surface area contributed by atoms with Crippen LogP contribution in [0.25, 0.3) is 0 Å². The molecule has 1 saturated heterocycles. The molecule has 1 fully saturated rings. The Morgan fingerprint density at radius 2 is 1.94 bits per heavy atom. The predicted molar refractivity (Wildman–Crippen MR) is 76.9 cm³/mol. The van der Waals surface area contributed by atoms with Crippen LogP contribution in [0.5, 0.6) is 0 Å². The first-order valence-corrected chi connectivity index (χ1v) is 7.19. The molecule has 1 aromatic rings. The van der Waals surface area contributed by atoms with Crippen molar-refractivity contribution < 1.29 is 0 Å². The molecular weight excluding hydrogens is 222 g/mol. The number of piperidine rings is 1. The van der Waals surface area contributed by atoms with Crippen LogP contribution < -0.4 is 5.32 Å². The summed E-state index contributed by atoms with van der Waals surface area (Å²) < 4.78 is 2.27. The summed E-state index contributed by atoms with van der Waals surface area (Å²) in [7, 11) is 2.15. The van der Waals surface area contributed by atoms with Gasteiger partial charge in [-0.3, -0.25) is 0 Å². The smallest absolute Gasteiger partial charge is 0.0225 e. The van der Waals surface area contributed by atoms with Crippen molar-refractivity contribution >= 4 is 0 Å². The molecule has 1 aliphatic rings. The highest BCUT2D eigenvalue weighted by atomic mass is 15.1. The van der Waals surface area contributed by atoms with E-state index in [4.69, 9.17) is 0 Å². The third-order valence-electron chi connectivity index (χ3n) is 4.50. The zero-order valence-corrected chi connectivity index (χ0v) is 12.3. The zero-order valence-electron chi connectivity index (χ0n) is 12.3. The lowest BCUT2D eigenvalue weighted by Gasteiger charge is -2.31. The van der Waals surface area contributed by atoms with Gasteiger partial charge in [0.15, 0.2) is 0 Å². The summed E-state index contributed by atoms with van der Waals surface area (Å²) in [6, 6.07) is 3.01. The number of likely N-dealkylation sites (tertiary alicyclic amines) is 1. The van der Waals surface area contributed by atoms with Gasteiger partial charge in [-0.15, -0.1) is 0 Å². The number of nitrogens with one attached hydrogen (secondary N) is 1. The van der Waals surface area contributed by atoms with Crippen LogP contribution in [0.4, 0.5) is 0 Å². The van der Waals surface area contributed by atoms with Crippen molar-refractivity contribution in [2.45, 2.75) is 46.2 Å².